The molecule has 2 rings (SSSR count). The molecule has 96 valence electrons. The molecule has 2 aromatic rings. The first-order valence-electron chi connectivity index (χ1n) is 6.49. The molecule has 0 heterocycles. The van der Waals surface area contributed by atoms with Crippen LogP contribution < -0.4 is 0 Å². The van der Waals surface area contributed by atoms with E-state index >= 15 is 0 Å². The van der Waals surface area contributed by atoms with Gasteiger partial charge in [0, 0.05) is 18.0 Å². The fraction of sp³-hybridized carbons (Fsp3) is 0.375. The lowest BCUT2D eigenvalue weighted by atomic mass is 10.0. The zero-order chi connectivity index (χ0) is 12.8. The first kappa shape index (κ1) is 13.6. The average Bonchev–Trinajstić information content (AvgIpc) is 2.39. The lowest BCUT2D eigenvalue weighted by Crippen LogP contribution is -2.07. The van der Waals surface area contributed by atoms with Gasteiger partial charge in [0.15, 0.2) is 0 Å². The molecule has 0 aromatic heterocycles. The van der Waals surface area contributed by atoms with Crippen molar-refractivity contribution in [1.82, 2.24) is 0 Å². The van der Waals surface area contributed by atoms with Gasteiger partial charge in [0.05, 0.1) is 0 Å². The fourth-order valence-electron chi connectivity index (χ4n) is 2.17. The SMILES string of the molecule is CCOCCC(Br)Cc1cccc2ccccc12. The van der Waals surface area contributed by atoms with Gasteiger partial charge in [-0.1, -0.05) is 58.4 Å². The van der Waals surface area contributed by atoms with Gasteiger partial charge in [0.25, 0.3) is 0 Å². The van der Waals surface area contributed by atoms with Crippen LogP contribution in [0.1, 0.15) is 18.9 Å². The quantitative estimate of drug-likeness (QED) is 0.561. The van der Waals surface area contributed by atoms with Crippen LogP contribution in [0, 0.1) is 0 Å². The Bertz CT molecular complexity index is 490. The molecule has 1 atom stereocenters. The molecule has 0 saturated carbocycles. The highest BCUT2D eigenvalue weighted by atomic mass is 79.9. The minimum Gasteiger partial charge on any atom is -0.382 e. The standard InChI is InChI=1S/C16H19BrO/c1-2-18-11-10-15(17)12-14-8-5-7-13-6-3-4-9-16(13)14/h3-9,15H,2,10-12H2,1H3. The van der Waals surface area contributed by atoms with Crippen LogP contribution in [0.15, 0.2) is 42.5 Å². The summed E-state index contributed by atoms with van der Waals surface area (Å²) < 4.78 is 5.40. The number of fused-ring (bicyclic) bond motifs is 1. The molecule has 0 fully saturated rings. The number of hydrogen-bond acceptors (Lipinski definition) is 1. The molecular weight excluding hydrogens is 288 g/mol. The summed E-state index contributed by atoms with van der Waals surface area (Å²) >= 11 is 3.75. The second-order valence-electron chi connectivity index (χ2n) is 4.43. The Morgan fingerprint density at radius 1 is 1.11 bits per heavy atom. The Hall–Kier alpha value is -0.860. The van der Waals surface area contributed by atoms with E-state index in [1.165, 1.54) is 16.3 Å². The molecule has 0 N–H and O–H groups in total. The zero-order valence-corrected chi connectivity index (χ0v) is 12.3. The molecule has 18 heavy (non-hydrogen) atoms. The van der Waals surface area contributed by atoms with Crippen molar-refractivity contribution in [3.05, 3.63) is 48.0 Å². The molecule has 0 aliphatic rings. The highest BCUT2D eigenvalue weighted by Crippen LogP contribution is 2.22. The van der Waals surface area contributed by atoms with Crippen LogP contribution in [0.3, 0.4) is 0 Å². The Morgan fingerprint density at radius 3 is 2.72 bits per heavy atom. The minimum absolute atomic E-state index is 0.481. The number of benzene rings is 2. The van der Waals surface area contributed by atoms with Crippen molar-refractivity contribution in [3.63, 3.8) is 0 Å². The summed E-state index contributed by atoms with van der Waals surface area (Å²) in [7, 11) is 0. The van der Waals surface area contributed by atoms with E-state index in [9.17, 15) is 0 Å². The summed E-state index contributed by atoms with van der Waals surface area (Å²) in [5.41, 5.74) is 1.41. The summed E-state index contributed by atoms with van der Waals surface area (Å²) in [6, 6.07) is 15.1. The van der Waals surface area contributed by atoms with Crippen molar-refractivity contribution in [1.29, 1.82) is 0 Å². The maximum absolute atomic E-state index is 5.40. The summed E-state index contributed by atoms with van der Waals surface area (Å²) in [4.78, 5) is 0.481. The molecule has 0 aliphatic heterocycles. The van der Waals surface area contributed by atoms with Gasteiger partial charge in [-0.3, -0.25) is 0 Å². The molecule has 0 bridgehead atoms. The van der Waals surface area contributed by atoms with E-state index < -0.39 is 0 Å². The smallest absolute Gasteiger partial charge is 0.0476 e. The van der Waals surface area contributed by atoms with Crippen LogP contribution in [0.5, 0.6) is 0 Å². The van der Waals surface area contributed by atoms with Crippen molar-refractivity contribution >= 4 is 26.7 Å². The summed E-state index contributed by atoms with van der Waals surface area (Å²) in [5, 5.41) is 2.68. The van der Waals surface area contributed by atoms with Crippen molar-refractivity contribution in [2.24, 2.45) is 0 Å². The summed E-state index contributed by atoms with van der Waals surface area (Å²) in [5.74, 6) is 0. The van der Waals surface area contributed by atoms with Crippen LogP contribution in [0.2, 0.25) is 0 Å². The van der Waals surface area contributed by atoms with Crippen molar-refractivity contribution in [2.45, 2.75) is 24.6 Å². The third-order valence-corrected chi connectivity index (χ3v) is 3.88. The van der Waals surface area contributed by atoms with Gasteiger partial charge in [0.2, 0.25) is 0 Å². The van der Waals surface area contributed by atoms with Crippen molar-refractivity contribution < 1.29 is 4.74 Å². The van der Waals surface area contributed by atoms with Crippen LogP contribution in [-0.4, -0.2) is 18.0 Å². The van der Waals surface area contributed by atoms with E-state index in [0.717, 1.165) is 26.1 Å². The molecule has 2 heteroatoms. The number of ether oxygens (including phenoxy) is 1. The van der Waals surface area contributed by atoms with Crippen LogP contribution in [0.25, 0.3) is 10.8 Å². The highest BCUT2D eigenvalue weighted by molar-refractivity contribution is 9.09. The summed E-state index contributed by atoms with van der Waals surface area (Å²) in [6.07, 6.45) is 2.10. The van der Waals surface area contributed by atoms with Crippen LogP contribution >= 0.6 is 15.9 Å². The molecule has 1 unspecified atom stereocenters. The molecule has 0 radical (unpaired) electrons. The maximum Gasteiger partial charge on any atom is 0.0476 e. The van der Waals surface area contributed by atoms with Gasteiger partial charge in [-0.15, -0.1) is 0 Å². The van der Waals surface area contributed by atoms with Crippen molar-refractivity contribution in [3.8, 4) is 0 Å². The number of hydrogen-bond donors (Lipinski definition) is 0. The Morgan fingerprint density at radius 2 is 1.89 bits per heavy atom. The van der Waals surface area contributed by atoms with Gasteiger partial charge in [-0.05, 0) is 36.1 Å². The van der Waals surface area contributed by atoms with E-state index in [0.29, 0.717) is 4.83 Å². The van der Waals surface area contributed by atoms with Crippen LogP contribution in [-0.2, 0) is 11.2 Å². The van der Waals surface area contributed by atoms with Crippen LogP contribution in [0.4, 0.5) is 0 Å². The van der Waals surface area contributed by atoms with Gasteiger partial charge >= 0.3 is 0 Å². The summed E-state index contributed by atoms with van der Waals surface area (Å²) in [6.45, 7) is 3.67. The van der Waals surface area contributed by atoms with Gasteiger partial charge in [0.1, 0.15) is 0 Å². The van der Waals surface area contributed by atoms with Gasteiger partial charge in [-0.2, -0.15) is 0 Å². The Balaban J connectivity index is 2.07. The minimum atomic E-state index is 0.481. The molecule has 2 aromatic carbocycles. The first-order valence-corrected chi connectivity index (χ1v) is 7.41. The molecule has 0 spiro atoms. The van der Waals surface area contributed by atoms with Gasteiger partial charge in [-0.25, -0.2) is 0 Å². The second-order valence-corrected chi connectivity index (χ2v) is 5.72. The zero-order valence-electron chi connectivity index (χ0n) is 10.7. The third kappa shape index (κ3) is 3.56. The van der Waals surface area contributed by atoms with E-state index in [4.69, 9.17) is 4.74 Å². The average molecular weight is 307 g/mol. The Kier molecular flexibility index (Phi) is 5.21. The topological polar surface area (TPSA) is 9.23 Å². The largest absolute Gasteiger partial charge is 0.382 e. The lowest BCUT2D eigenvalue weighted by Gasteiger charge is -2.12. The number of halogens is 1. The lowest BCUT2D eigenvalue weighted by molar-refractivity contribution is 0.145. The predicted molar refractivity (Wildman–Crippen MR) is 81.5 cm³/mol. The number of rotatable bonds is 6. The fourth-order valence-corrected chi connectivity index (χ4v) is 2.70. The monoisotopic (exact) mass is 306 g/mol. The number of alkyl halides is 1. The molecule has 0 saturated heterocycles. The molecule has 0 amide bonds. The van der Waals surface area contributed by atoms with Crippen molar-refractivity contribution in [2.75, 3.05) is 13.2 Å². The highest BCUT2D eigenvalue weighted by Gasteiger charge is 2.08. The molecular formula is C16H19BrO. The molecule has 0 aliphatic carbocycles. The normalized spacial score (nSPS) is 12.8. The van der Waals surface area contributed by atoms with E-state index in [1.807, 2.05) is 6.92 Å². The van der Waals surface area contributed by atoms with Gasteiger partial charge < -0.3 is 4.74 Å². The predicted octanol–water partition coefficient (Wildman–Crippen LogP) is 4.57. The molecule has 1 nitrogen and oxygen atoms in total. The second kappa shape index (κ2) is 6.91. The maximum atomic E-state index is 5.40. The third-order valence-electron chi connectivity index (χ3n) is 3.10. The first-order chi connectivity index (χ1) is 8.81. The van der Waals surface area contributed by atoms with E-state index in [2.05, 4.69) is 58.4 Å². The Labute approximate surface area is 117 Å². The van der Waals surface area contributed by atoms with E-state index in [-0.39, 0.29) is 0 Å². The van der Waals surface area contributed by atoms with E-state index in [1.54, 1.807) is 0 Å².